The van der Waals surface area contributed by atoms with Crippen LogP contribution in [0.5, 0.6) is 0 Å². The van der Waals surface area contributed by atoms with Crippen LogP contribution in [-0.4, -0.2) is 40.1 Å². The van der Waals surface area contributed by atoms with Crippen LogP contribution in [0.25, 0.3) is 0 Å². The molecule has 1 amide bonds. The Bertz CT molecular complexity index is 408. The highest BCUT2D eigenvalue weighted by Gasteiger charge is 2.28. The minimum Gasteiger partial charge on any atom is -0.397 e. The van der Waals surface area contributed by atoms with E-state index in [4.69, 9.17) is 5.73 Å². The van der Waals surface area contributed by atoms with Crippen molar-refractivity contribution in [1.29, 1.82) is 0 Å². The van der Waals surface area contributed by atoms with Gasteiger partial charge >= 0.3 is 0 Å². The van der Waals surface area contributed by atoms with E-state index in [0.717, 1.165) is 19.3 Å². The Morgan fingerprint density at radius 3 is 3.12 bits per heavy atom. The number of nitrogens with zero attached hydrogens (tertiary/aromatic N) is 2. The fourth-order valence-electron chi connectivity index (χ4n) is 2.19. The van der Waals surface area contributed by atoms with Crippen molar-refractivity contribution >= 4 is 11.6 Å². The number of amides is 1. The number of rotatable bonds is 2. The van der Waals surface area contributed by atoms with Gasteiger partial charge in [-0.1, -0.05) is 0 Å². The van der Waals surface area contributed by atoms with Gasteiger partial charge in [0, 0.05) is 12.7 Å². The molecule has 92 valence electrons. The second-order valence-corrected chi connectivity index (χ2v) is 4.27. The maximum absolute atomic E-state index is 12.3. The van der Waals surface area contributed by atoms with Crippen molar-refractivity contribution in [2.75, 3.05) is 18.9 Å². The summed E-state index contributed by atoms with van der Waals surface area (Å²) in [4.78, 5) is 18.0. The number of anilines is 1. The van der Waals surface area contributed by atoms with Gasteiger partial charge in [-0.3, -0.25) is 4.79 Å². The van der Waals surface area contributed by atoms with Crippen LogP contribution in [0.15, 0.2) is 18.3 Å². The lowest BCUT2D eigenvalue weighted by atomic mass is 10.0. The van der Waals surface area contributed by atoms with Gasteiger partial charge in [0.15, 0.2) is 5.69 Å². The average molecular weight is 235 g/mol. The molecule has 0 aliphatic carbocycles. The molecule has 0 radical (unpaired) electrons. The molecular weight excluding hydrogens is 218 g/mol. The molecule has 2 rings (SSSR count). The number of piperidine rings is 1. The van der Waals surface area contributed by atoms with Gasteiger partial charge in [0.05, 0.1) is 18.3 Å². The van der Waals surface area contributed by atoms with Crippen molar-refractivity contribution < 1.29 is 9.90 Å². The van der Waals surface area contributed by atoms with Crippen LogP contribution in [-0.2, 0) is 0 Å². The van der Waals surface area contributed by atoms with E-state index in [9.17, 15) is 9.90 Å². The molecule has 1 aromatic heterocycles. The highest BCUT2D eigenvalue weighted by Crippen LogP contribution is 2.20. The molecular formula is C12H17N3O2. The van der Waals surface area contributed by atoms with Gasteiger partial charge in [-0.25, -0.2) is 4.98 Å². The summed E-state index contributed by atoms with van der Waals surface area (Å²) < 4.78 is 0. The van der Waals surface area contributed by atoms with E-state index in [1.807, 2.05) is 0 Å². The molecule has 1 aromatic rings. The fraction of sp³-hybridized carbons (Fsp3) is 0.500. The molecule has 1 saturated heterocycles. The SMILES string of the molecule is Nc1cccnc1C(=O)N1CCCCC1CO. The van der Waals surface area contributed by atoms with Gasteiger partial charge in [0.1, 0.15) is 0 Å². The van der Waals surface area contributed by atoms with Crippen molar-refractivity contribution in [2.45, 2.75) is 25.3 Å². The summed E-state index contributed by atoms with van der Waals surface area (Å²) in [7, 11) is 0. The van der Waals surface area contributed by atoms with Crippen LogP contribution in [0.1, 0.15) is 29.8 Å². The topological polar surface area (TPSA) is 79.5 Å². The number of nitrogen functional groups attached to an aromatic ring is 1. The number of hydrogen-bond acceptors (Lipinski definition) is 4. The van der Waals surface area contributed by atoms with Crippen LogP contribution in [0.4, 0.5) is 5.69 Å². The van der Waals surface area contributed by atoms with Crippen LogP contribution in [0.3, 0.4) is 0 Å². The number of aliphatic hydroxyl groups excluding tert-OH is 1. The van der Waals surface area contributed by atoms with Crippen molar-refractivity contribution in [2.24, 2.45) is 0 Å². The van der Waals surface area contributed by atoms with Gasteiger partial charge in [0.2, 0.25) is 0 Å². The smallest absolute Gasteiger partial charge is 0.274 e. The second-order valence-electron chi connectivity index (χ2n) is 4.27. The van der Waals surface area contributed by atoms with Crippen molar-refractivity contribution in [1.82, 2.24) is 9.88 Å². The first-order valence-corrected chi connectivity index (χ1v) is 5.86. The number of aromatic nitrogens is 1. The Labute approximate surface area is 100 Å². The maximum Gasteiger partial charge on any atom is 0.274 e. The summed E-state index contributed by atoms with van der Waals surface area (Å²) in [5.41, 5.74) is 6.42. The Morgan fingerprint density at radius 1 is 1.59 bits per heavy atom. The lowest BCUT2D eigenvalue weighted by molar-refractivity contribution is 0.0498. The molecule has 1 aliphatic heterocycles. The Morgan fingerprint density at radius 2 is 2.41 bits per heavy atom. The summed E-state index contributed by atoms with van der Waals surface area (Å²) in [6.45, 7) is 0.665. The average Bonchev–Trinajstić information content (AvgIpc) is 2.38. The normalized spacial score (nSPS) is 20.3. The predicted octanol–water partition coefficient (Wildman–Crippen LogP) is 0.651. The molecule has 2 heterocycles. The van der Waals surface area contributed by atoms with E-state index in [2.05, 4.69) is 4.98 Å². The van der Waals surface area contributed by atoms with Crippen molar-refractivity contribution in [3.8, 4) is 0 Å². The van der Waals surface area contributed by atoms with E-state index < -0.39 is 0 Å². The van der Waals surface area contributed by atoms with Crippen LogP contribution >= 0.6 is 0 Å². The standard InChI is InChI=1S/C12H17N3O2/c13-10-5-3-6-14-11(10)12(17)15-7-2-1-4-9(15)8-16/h3,5-6,9,16H,1-2,4,7-8,13H2. The quantitative estimate of drug-likeness (QED) is 0.788. The van der Waals surface area contributed by atoms with E-state index in [1.165, 1.54) is 0 Å². The molecule has 1 atom stereocenters. The van der Waals surface area contributed by atoms with Crippen LogP contribution in [0.2, 0.25) is 0 Å². The van der Waals surface area contributed by atoms with E-state index in [-0.39, 0.29) is 24.2 Å². The summed E-state index contributed by atoms with van der Waals surface area (Å²) in [6.07, 6.45) is 4.41. The van der Waals surface area contributed by atoms with Crippen LogP contribution in [0, 0.1) is 0 Å². The number of likely N-dealkylation sites (tertiary alicyclic amines) is 1. The lowest BCUT2D eigenvalue weighted by Crippen LogP contribution is -2.46. The van der Waals surface area contributed by atoms with Crippen LogP contribution < -0.4 is 5.73 Å². The number of pyridine rings is 1. The molecule has 1 unspecified atom stereocenters. The Balaban J connectivity index is 2.21. The number of carbonyl (C=O) groups is 1. The number of carbonyl (C=O) groups excluding carboxylic acids is 1. The van der Waals surface area contributed by atoms with Gasteiger partial charge in [-0.2, -0.15) is 0 Å². The van der Waals surface area contributed by atoms with E-state index >= 15 is 0 Å². The number of nitrogens with two attached hydrogens (primary N) is 1. The third-order valence-electron chi connectivity index (χ3n) is 3.14. The summed E-state index contributed by atoms with van der Waals surface area (Å²) >= 11 is 0. The molecule has 0 saturated carbocycles. The minimum atomic E-state index is -0.179. The highest BCUT2D eigenvalue weighted by molar-refractivity contribution is 5.97. The first-order valence-electron chi connectivity index (χ1n) is 5.86. The fourth-order valence-corrected chi connectivity index (χ4v) is 2.19. The zero-order valence-corrected chi connectivity index (χ0v) is 9.67. The maximum atomic E-state index is 12.3. The van der Waals surface area contributed by atoms with Gasteiger partial charge < -0.3 is 15.7 Å². The predicted molar refractivity (Wildman–Crippen MR) is 64.4 cm³/mol. The van der Waals surface area contributed by atoms with Crippen molar-refractivity contribution in [3.63, 3.8) is 0 Å². The molecule has 3 N–H and O–H groups in total. The third kappa shape index (κ3) is 2.39. The molecule has 17 heavy (non-hydrogen) atoms. The van der Waals surface area contributed by atoms with Gasteiger partial charge in [-0.15, -0.1) is 0 Å². The largest absolute Gasteiger partial charge is 0.397 e. The molecule has 0 aromatic carbocycles. The van der Waals surface area contributed by atoms with E-state index in [1.54, 1.807) is 23.2 Å². The monoisotopic (exact) mass is 235 g/mol. The first-order chi connectivity index (χ1) is 8.24. The Kier molecular flexibility index (Phi) is 3.58. The summed E-state index contributed by atoms with van der Waals surface area (Å²) in [5, 5.41) is 9.28. The molecule has 1 aliphatic rings. The molecule has 5 heteroatoms. The summed E-state index contributed by atoms with van der Waals surface area (Å²) in [5.74, 6) is -0.179. The second kappa shape index (κ2) is 5.14. The number of hydrogen-bond donors (Lipinski definition) is 2. The lowest BCUT2D eigenvalue weighted by Gasteiger charge is -2.34. The minimum absolute atomic E-state index is 0.00151. The third-order valence-corrected chi connectivity index (χ3v) is 3.14. The molecule has 0 spiro atoms. The summed E-state index contributed by atoms with van der Waals surface area (Å²) in [6, 6.07) is 3.27. The highest BCUT2D eigenvalue weighted by atomic mass is 16.3. The molecule has 0 bridgehead atoms. The zero-order valence-electron chi connectivity index (χ0n) is 9.67. The van der Waals surface area contributed by atoms with Crippen molar-refractivity contribution in [3.05, 3.63) is 24.0 Å². The zero-order chi connectivity index (χ0) is 12.3. The Hall–Kier alpha value is -1.62. The first kappa shape index (κ1) is 11.9. The van der Waals surface area contributed by atoms with Gasteiger partial charge in [-0.05, 0) is 31.4 Å². The van der Waals surface area contributed by atoms with Gasteiger partial charge in [0.25, 0.3) is 5.91 Å². The number of aliphatic hydroxyl groups is 1. The molecule has 1 fully saturated rings. The van der Waals surface area contributed by atoms with E-state index in [0.29, 0.717) is 12.2 Å². The molecule has 5 nitrogen and oxygen atoms in total.